The number of methoxy groups -OCH3 is 1. The molecule has 3 aromatic carbocycles. The molecule has 0 unspecified atom stereocenters. The SMILES string of the molecule is COc1cccc2c1c(NS(=O)(=O)c1ccccc1F)nn2Cc1cccc(CNC(=O)[C@H]2COCCN2)c1. The van der Waals surface area contributed by atoms with Crippen molar-refractivity contribution in [3.63, 3.8) is 0 Å². The Balaban J connectivity index is 1.40. The van der Waals surface area contributed by atoms with Gasteiger partial charge in [-0.25, -0.2) is 12.8 Å². The molecule has 39 heavy (non-hydrogen) atoms. The zero-order chi connectivity index (χ0) is 27.4. The first-order valence-corrected chi connectivity index (χ1v) is 13.8. The summed E-state index contributed by atoms with van der Waals surface area (Å²) in [6.07, 6.45) is 0. The second kappa shape index (κ2) is 11.4. The lowest BCUT2D eigenvalue weighted by atomic mass is 10.1. The van der Waals surface area contributed by atoms with Crippen LogP contribution in [0.5, 0.6) is 5.75 Å². The van der Waals surface area contributed by atoms with Crippen LogP contribution >= 0.6 is 0 Å². The summed E-state index contributed by atoms with van der Waals surface area (Å²) in [7, 11) is -2.78. The van der Waals surface area contributed by atoms with Crippen molar-refractivity contribution < 1.29 is 27.1 Å². The van der Waals surface area contributed by atoms with E-state index in [1.165, 1.54) is 25.3 Å². The van der Waals surface area contributed by atoms with Crippen molar-refractivity contribution in [2.24, 2.45) is 0 Å². The first-order valence-electron chi connectivity index (χ1n) is 12.3. The minimum absolute atomic E-state index is 0.0244. The first kappa shape index (κ1) is 26.6. The molecule has 4 aromatic rings. The fraction of sp³-hybridized carbons (Fsp3) is 0.259. The lowest BCUT2D eigenvalue weighted by Gasteiger charge is -2.22. The molecule has 1 amide bonds. The number of morpholine rings is 1. The third-order valence-electron chi connectivity index (χ3n) is 6.35. The number of aromatic nitrogens is 2. The third-order valence-corrected chi connectivity index (χ3v) is 7.72. The van der Waals surface area contributed by atoms with E-state index in [9.17, 15) is 17.6 Å². The number of halogens is 1. The van der Waals surface area contributed by atoms with Crippen LogP contribution < -0.4 is 20.1 Å². The van der Waals surface area contributed by atoms with Crippen LogP contribution in [0.1, 0.15) is 11.1 Å². The summed E-state index contributed by atoms with van der Waals surface area (Å²) in [5, 5.41) is 11.0. The van der Waals surface area contributed by atoms with Crippen molar-refractivity contribution >= 4 is 32.7 Å². The average Bonchev–Trinajstić information content (AvgIpc) is 3.28. The van der Waals surface area contributed by atoms with Crippen LogP contribution in [-0.2, 0) is 32.6 Å². The van der Waals surface area contributed by atoms with Gasteiger partial charge in [0.15, 0.2) is 5.82 Å². The number of sulfonamides is 1. The topological polar surface area (TPSA) is 124 Å². The molecule has 0 bridgehead atoms. The Kier molecular flexibility index (Phi) is 7.77. The number of nitrogens with zero attached hydrogens (tertiary/aromatic N) is 2. The Morgan fingerprint density at radius 3 is 2.72 bits per heavy atom. The minimum atomic E-state index is -4.26. The summed E-state index contributed by atoms with van der Waals surface area (Å²) in [4.78, 5) is 12.0. The van der Waals surface area contributed by atoms with Gasteiger partial charge in [-0.05, 0) is 35.4 Å². The van der Waals surface area contributed by atoms with Crippen LogP contribution in [0.2, 0.25) is 0 Å². The number of benzene rings is 3. The number of carbonyl (C=O) groups excluding carboxylic acids is 1. The van der Waals surface area contributed by atoms with E-state index in [0.29, 0.717) is 49.5 Å². The van der Waals surface area contributed by atoms with Crippen LogP contribution in [0.25, 0.3) is 10.9 Å². The zero-order valence-electron chi connectivity index (χ0n) is 21.2. The largest absolute Gasteiger partial charge is 0.496 e. The maximum Gasteiger partial charge on any atom is 0.266 e. The highest BCUT2D eigenvalue weighted by molar-refractivity contribution is 7.92. The van der Waals surface area contributed by atoms with E-state index in [1.807, 2.05) is 24.3 Å². The molecule has 0 radical (unpaired) electrons. The number of anilines is 1. The van der Waals surface area contributed by atoms with Gasteiger partial charge in [-0.2, -0.15) is 5.10 Å². The molecule has 1 aromatic heterocycles. The highest BCUT2D eigenvalue weighted by Gasteiger charge is 2.24. The van der Waals surface area contributed by atoms with Gasteiger partial charge >= 0.3 is 0 Å². The lowest BCUT2D eigenvalue weighted by Crippen LogP contribution is -2.51. The number of amides is 1. The Hall–Kier alpha value is -4.00. The number of fused-ring (bicyclic) bond motifs is 1. The minimum Gasteiger partial charge on any atom is -0.496 e. The number of hydrogen-bond acceptors (Lipinski definition) is 7. The van der Waals surface area contributed by atoms with Crippen molar-refractivity contribution in [1.82, 2.24) is 20.4 Å². The smallest absolute Gasteiger partial charge is 0.266 e. The van der Waals surface area contributed by atoms with E-state index >= 15 is 0 Å². The van der Waals surface area contributed by atoms with Gasteiger partial charge in [0.2, 0.25) is 5.91 Å². The van der Waals surface area contributed by atoms with Gasteiger partial charge in [-0.3, -0.25) is 14.2 Å². The molecule has 3 N–H and O–H groups in total. The number of rotatable bonds is 9. The Labute approximate surface area is 225 Å². The van der Waals surface area contributed by atoms with Crippen molar-refractivity contribution in [2.75, 3.05) is 31.6 Å². The van der Waals surface area contributed by atoms with Gasteiger partial charge in [0.1, 0.15) is 22.5 Å². The molecule has 12 heteroatoms. The Morgan fingerprint density at radius 2 is 1.95 bits per heavy atom. The van der Waals surface area contributed by atoms with E-state index in [0.717, 1.165) is 17.2 Å². The van der Waals surface area contributed by atoms with E-state index < -0.39 is 20.7 Å². The highest BCUT2D eigenvalue weighted by Crippen LogP contribution is 2.34. The molecule has 0 aliphatic carbocycles. The molecule has 10 nitrogen and oxygen atoms in total. The summed E-state index contributed by atoms with van der Waals surface area (Å²) in [6.45, 7) is 2.21. The summed E-state index contributed by atoms with van der Waals surface area (Å²) in [5.41, 5.74) is 2.41. The standard InChI is InChI=1S/C27H28FN5O5S/c1-37-23-10-5-9-22-25(23)26(32-39(35,36)24-11-3-2-8-20(24)28)31-33(22)16-19-7-4-6-18(14-19)15-30-27(34)21-17-38-13-12-29-21/h2-11,14,21,29H,12-13,15-17H2,1H3,(H,30,34)(H,31,32)/t21-/m1/s1. The Morgan fingerprint density at radius 1 is 1.15 bits per heavy atom. The fourth-order valence-electron chi connectivity index (χ4n) is 4.46. The molecule has 1 aliphatic rings. The maximum atomic E-state index is 14.3. The lowest BCUT2D eigenvalue weighted by molar-refractivity contribution is -0.126. The predicted molar refractivity (Wildman–Crippen MR) is 143 cm³/mol. The molecule has 1 fully saturated rings. The number of carbonyl (C=O) groups is 1. The summed E-state index contributed by atoms with van der Waals surface area (Å²) >= 11 is 0. The van der Waals surface area contributed by atoms with Crippen LogP contribution in [0.4, 0.5) is 10.2 Å². The van der Waals surface area contributed by atoms with Crippen molar-refractivity contribution in [2.45, 2.75) is 24.0 Å². The first-order chi connectivity index (χ1) is 18.9. The molecule has 1 saturated heterocycles. The molecule has 1 aliphatic heterocycles. The fourth-order valence-corrected chi connectivity index (χ4v) is 5.55. The number of ether oxygens (including phenoxy) is 2. The van der Waals surface area contributed by atoms with Gasteiger partial charge in [0.25, 0.3) is 10.0 Å². The molecule has 1 atom stereocenters. The number of hydrogen-bond donors (Lipinski definition) is 3. The Bertz CT molecular complexity index is 1600. The molecule has 5 rings (SSSR count). The van der Waals surface area contributed by atoms with Gasteiger partial charge in [-0.15, -0.1) is 0 Å². The predicted octanol–water partition coefficient (Wildman–Crippen LogP) is 2.64. The molecule has 2 heterocycles. The van der Waals surface area contributed by atoms with Crippen LogP contribution in [0.3, 0.4) is 0 Å². The second-order valence-electron chi connectivity index (χ2n) is 9.02. The average molecular weight is 554 g/mol. The monoisotopic (exact) mass is 553 g/mol. The van der Waals surface area contributed by atoms with E-state index in [1.54, 1.807) is 22.9 Å². The summed E-state index contributed by atoms with van der Waals surface area (Å²) in [6, 6.07) is 17.7. The van der Waals surface area contributed by atoms with Crippen molar-refractivity contribution in [3.05, 3.63) is 83.7 Å². The maximum absolute atomic E-state index is 14.3. The van der Waals surface area contributed by atoms with Gasteiger partial charge in [0, 0.05) is 13.1 Å². The second-order valence-corrected chi connectivity index (χ2v) is 10.7. The van der Waals surface area contributed by atoms with Gasteiger partial charge < -0.3 is 20.1 Å². The van der Waals surface area contributed by atoms with E-state index in [2.05, 4.69) is 20.5 Å². The molecular formula is C27H28FN5O5S. The van der Waals surface area contributed by atoms with Crippen LogP contribution in [-0.4, -0.2) is 57.0 Å². The molecule has 0 spiro atoms. The van der Waals surface area contributed by atoms with Crippen LogP contribution in [0.15, 0.2) is 71.6 Å². The normalized spacial score (nSPS) is 15.7. The van der Waals surface area contributed by atoms with E-state index in [4.69, 9.17) is 9.47 Å². The number of nitrogens with one attached hydrogen (secondary N) is 3. The third kappa shape index (κ3) is 5.87. The summed E-state index contributed by atoms with van der Waals surface area (Å²) in [5.74, 6) is -0.550. The molecule has 204 valence electrons. The van der Waals surface area contributed by atoms with Gasteiger partial charge in [0.05, 0.1) is 37.8 Å². The van der Waals surface area contributed by atoms with Crippen molar-refractivity contribution in [1.29, 1.82) is 0 Å². The van der Waals surface area contributed by atoms with E-state index in [-0.39, 0.29) is 17.8 Å². The zero-order valence-corrected chi connectivity index (χ0v) is 22.0. The summed E-state index contributed by atoms with van der Waals surface area (Å²) < 4.78 is 55.3. The van der Waals surface area contributed by atoms with Crippen molar-refractivity contribution in [3.8, 4) is 5.75 Å². The molecular weight excluding hydrogens is 525 g/mol. The highest BCUT2D eigenvalue weighted by atomic mass is 32.2. The quantitative estimate of drug-likeness (QED) is 0.291. The molecule has 0 saturated carbocycles. The van der Waals surface area contributed by atoms with Crippen LogP contribution in [0, 0.1) is 5.82 Å². The van der Waals surface area contributed by atoms with Gasteiger partial charge in [-0.1, -0.05) is 42.5 Å².